The molecule has 32 heavy (non-hydrogen) atoms. The van der Waals surface area contributed by atoms with Crippen molar-refractivity contribution in [3.8, 4) is 0 Å². The summed E-state index contributed by atoms with van der Waals surface area (Å²) in [6.45, 7) is 14.7. The molecule has 0 fully saturated rings. The van der Waals surface area contributed by atoms with E-state index in [9.17, 15) is 14.4 Å². The van der Waals surface area contributed by atoms with Crippen molar-refractivity contribution in [1.82, 2.24) is 0 Å². The van der Waals surface area contributed by atoms with Crippen molar-refractivity contribution in [1.29, 1.82) is 0 Å². The normalized spacial score (nSPS) is 8.66. The summed E-state index contributed by atoms with van der Waals surface area (Å²) < 4.78 is 4.51. The molecule has 0 radical (unpaired) electrons. The Labute approximate surface area is 209 Å². The summed E-state index contributed by atoms with van der Waals surface area (Å²) in [5, 5.41) is 7.93. The number of carboxylic acid groups (broad SMARTS) is 1. The molecular formula is C25H52Cl2O5. The Morgan fingerprint density at radius 1 is 0.656 bits per heavy atom. The van der Waals surface area contributed by atoms with Gasteiger partial charge in [-0.3, -0.25) is 14.4 Å². The largest absolute Gasteiger partial charge is 0.481 e. The first-order valence-corrected chi connectivity index (χ1v) is 13.2. The smallest absolute Gasteiger partial charge is 0.306 e. The molecule has 0 aliphatic heterocycles. The molecule has 0 saturated heterocycles. The molecule has 0 heterocycles. The monoisotopic (exact) mass is 502 g/mol. The van der Waals surface area contributed by atoms with Gasteiger partial charge in [0.2, 0.25) is 5.24 Å². The third-order valence-corrected chi connectivity index (χ3v) is 3.47. The van der Waals surface area contributed by atoms with E-state index < -0.39 is 5.97 Å². The van der Waals surface area contributed by atoms with Gasteiger partial charge in [-0.2, -0.15) is 0 Å². The summed E-state index contributed by atoms with van der Waals surface area (Å²) in [6.07, 6.45) is 13.1. The van der Waals surface area contributed by atoms with Gasteiger partial charge in [0.1, 0.15) is 0 Å². The van der Waals surface area contributed by atoms with Gasteiger partial charge in [0, 0.05) is 19.3 Å². The summed E-state index contributed by atoms with van der Waals surface area (Å²) in [5.74, 6) is -0.873. The highest BCUT2D eigenvalue weighted by Gasteiger charge is 1.99. The highest BCUT2D eigenvalue weighted by molar-refractivity contribution is 6.63. The lowest BCUT2D eigenvalue weighted by molar-refractivity contribution is -0.141. The molecule has 7 heteroatoms. The zero-order valence-corrected chi connectivity index (χ0v) is 23.5. The Balaban J connectivity index is -0.000000102. The molecule has 0 saturated carbocycles. The van der Waals surface area contributed by atoms with Gasteiger partial charge in [-0.1, -0.05) is 111 Å². The van der Waals surface area contributed by atoms with Crippen molar-refractivity contribution in [3.63, 3.8) is 0 Å². The van der Waals surface area contributed by atoms with Gasteiger partial charge in [-0.25, -0.2) is 0 Å². The Morgan fingerprint density at radius 3 is 1.28 bits per heavy atom. The number of hydrogen-bond acceptors (Lipinski definition) is 4. The van der Waals surface area contributed by atoms with E-state index in [0.29, 0.717) is 19.3 Å². The molecule has 1 N–H and O–H groups in total. The van der Waals surface area contributed by atoms with Crippen molar-refractivity contribution in [2.24, 2.45) is 0 Å². The van der Waals surface area contributed by atoms with E-state index in [1.54, 1.807) is 0 Å². The number of alkyl halides is 1. The minimum Gasteiger partial charge on any atom is -0.481 e. The van der Waals surface area contributed by atoms with Crippen molar-refractivity contribution in [2.75, 3.05) is 6.07 Å². The second kappa shape index (κ2) is 44.0. The minimum absolute atomic E-state index is 0.0229. The van der Waals surface area contributed by atoms with Crippen LogP contribution in [0.15, 0.2) is 0 Å². The van der Waals surface area contributed by atoms with Crippen LogP contribution in [0, 0.1) is 0 Å². The van der Waals surface area contributed by atoms with E-state index in [0.717, 1.165) is 57.8 Å². The summed E-state index contributed by atoms with van der Waals surface area (Å²) in [5.41, 5.74) is 0. The number of carbonyl (C=O) groups is 3. The first kappa shape index (κ1) is 41.4. The number of rotatable bonds is 13. The molecule has 0 aliphatic carbocycles. The second-order valence-electron chi connectivity index (χ2n) is 7.16. The average Bonchev–Trinajstić information content (AvgIpc) is 2.71. The number of carboxylic acids is 1. The molecule has 196 valence electrons. The standard InChI is InChI=1S/C7H13ClO2.C6H11ClO.C6H12O2.2C3H8/c1-2-3-4-5-7(9)10-6-8;2*1-2-3-4-5-6(7)8;2*1-3-2/h2-6H2,1H3;2-5H2,1H3;2-5H2,1H3,(H,7,8);2*3H2,1-2H3. The Hall–Kier alpha value is -0.810. The number of aliphatic carboxylic acids is 1. The first-order chi connectivity index (χ1) is 15.2. The molecule has 0 unspecified atom stereocenters. The predicted molar refractivity (Wildman–Crippen MR) is 140 cm³/mol. The van der Waals surface area contributed by atoms with Crippen molar-refractivity contribution in [2.45, 2.75) is 138 Å². The maximum atomic E-state index is 10.6. The van der Waals surface area contributed by atoms with Gasteiger partial charge >= 0.3 is 11.9 Å². The first-order valence-electron chi connectivity index (χ1n) is 12.3. The predicted octanol–water partition coefficient (Wildman–Crippen LogP) is 9.12. The molecule has 0 amide bonds. The van der Waals surface area contributed by atoms with Gasteiger partial charge in [0.15, 0.2) is 6.07 Å². The van der Waals surface area contributed by atoms with Crippen LogP contribution in [0.2, 0.25) is 0 Å². The third-order valence-electron chi connectivity index (χ3n) is 3.17. The van der Waals surface area contributed by atoms with E-state index >= 15 is 0 Å². The lowest BCUT2D eigenvalue weighted by Crippen LogP contribution is -2.01. The van der Waals surface area contributed by atoms with Crippen molar-refractivity contribution >= 4 is 40.4 Å². The van der Waals surface area contributed by atoms with Gasteiger partial charge < -0.3 is 9.84 Å². The van der Waals surface area contributed by atoms with Gasteiger partial charge in [-0.15, -0.1) is 0 Å². The quantitative estimate of drug-likeness (QED) is 0.117. The van der Waals surface area contributed by atoms with E-state index in [1.165, 1.54) is 12.8 Å². The summed E-state index contributed by atoms with van der Waals surface area (Å²) >= 11 is 10.2. The van der Waals surface area contributed by atoms with E-state index in [2.05, 4.69) is 53.2 Å². The summed E-state index contributed by atoms with van der Waals surface area (Å²) in [4.78, 5) is 30.6. The lowest BCUT2D eigenvalue weighted by Gasteiger charge is -1.98. The van der Waals surface area contributed by atoms with Gasteiger partial charge in [-0.05, 0) is 30.9 Å². The van der Waals surface area contributed by atoms with Crippen molar-refractivity contribution < 1.29 is 24.2 Å². The number of carbonyl (C=O) groups excluding carboxylic acids is 2. The highest BCUT2D eigenvalue weighted by Crippen LogP contribution is 2.01. The van der Waals surface area contributed by atoms with Crippen LogP contribution in [0.4, 0.5) is 0 Å². The summed E-state index contributed by atoms with van der Waals surface area (Å²) in [7, 11) is 0. The van der Waals surface area contributed by atoms with Crippen LogP contribution in [0.3, 0.4) is 0 Å². The molecule has 0 aromatic rings. The van der Waals surface area contributed by atoms with Crippen LogP contribution in [0.25, 0.3) is 0 Å². The van der Waals surface area contributed by atoms with Crippen LogP contribution < -0.4 is 0 Å². The summed E-state index contributed by atoms with van der Waals surface area (Å²) in [6, 6.07) is -0.0229. The van der Waals surface area contributed by atoms with E-state index in [4.69, 9.17) is 28.3 Å². The Bertz CT molecular complexity index is 342. The molecule has 0 spiro atoms. The molecule has 0 aromatic heterocycles. The molecule has 5 nitrogen and oxygen atoms in total. The van der Waals surface area contributed by atoms with Crippen LogP contribution in [0.1, 0.15) is 138 Å². The number of esters is 1. The van der Waals surface area contributed by atoms with Crippen LogP contribution in [-0.4, -0.2) is 28.4 Å². The SMILES string of the molecule is CCC.CCC.CCCCCC(=O)Cl.CCCCCC(=O)O.CCCCCC(=O)OCCl. The van der Waals surface area contributed by atoms with Crippen LogP contribution in [0.5, 0.6) is 0 Å². The molecule has 0 aromatic carbocycles. The molecule has 0 bridgehead atoms. The fourth-order valence-corrected chi connectivity index (χ4v) is 1.95. The third kappa shape index (κ3) is 78.5. The molecule has 0 atom stereocenters. The second-order valence-corrected chi connectivity index (χ2v) is 7.80. The number of halogens is 2. The number of hydrogen-bond donors (Lipinski definition) is 1. The zero-order valence-electron chi connectivity index (χ0n) is 21.9. The van der Waals surface area contributed by atoms with Crippen LogP contribution in [-0.2, 0) is 19.1 Å². The minimum atomic E-state index is -0.682. The fraction of sp³-hybridized carbons (Fsp3) is 0.880. The number of unbranched alkanes of at least 4 members (excludes halogenated alkanes) is 6. The molecule has 0 aliphatic rings. The van der Waals surface area contributed by atoms with Gasteiger partial charge in [0.05, 0.1) is 0 Å². The average molecular weight is 504 g/mol. The lowest BCUT2D eigenvalue weighted by atomic mass is 10.2. The van der Waals surface area contributed by atoms with E-state index in [-0.39, 0.29) is 17.3 Å². The Morgan fingerprint density at radius 2 is 1.00 bits per heavy atom. The van der Waals surface area contributed by atoms with E-state index in [1.807, 2.05) is 0 Å². The van der Waals surface area contributed by atoms with Crippen molar-refractivity contribution in [3.05, 3.63) is 0 Å². The molecule has 0 rings (SSSR count). The highest BCUT2D eigenvalue weighted by atomic mass is 35.5. The molecular weight excluding hydrogens is 451 g/mol. The maximum absolute atomic E-state index is 10.6. The maximum Gasteiger partial charge on any atom is 0.306 e. The Kier molecular flexibility index (Phi) is 56.9. The fourth-order valence-electron chi connectivity index (χ4n) is 1.69. The zero-order chi connectivity index (χ0) is 26.0. The number of ether oxygens (including phenoxy) is 1. The van der Waals surface area contributed by atoms with Crippen LogP contribution >= 0.6 is 23.2 Å². The van der Waals surface area contributed by atoms with Gasteiger partial charge in [0.25, 0.3) is 0 Å². The topological polar surface area (TPSA) is 80.7 Å².